The van der Waals surface area contributed by atoms with Crippen LogP contribution in [0, 0.1) is 5.92 Å². The molecule has 2 aliphatic rings. The van der Waals surface area contributed by atoms with E-state index in [9.17, 15) is 0 Å². The molecule has 1 aliphatic heterocycles. The molecule has 1 aromatic heterocycles. The monoisotopic (exact) mass is 307 g/mol. The van der Waals surface area contributed by atoms with Gasteiger partial charge in [-0.3, -0.25) is 0 Å². The van der Waals surface area contributed by atoms with Crippen molar-refractivity contribution >= 4 is 16.5 Å². The minimum Gasteiger partial charge on any atom is -0.348 e. The molecule has 0 bridgehead atoms. The highest BCUT2D eigenvalue weighted by Crippen LogP contribution is 2.30. The van der Waals surface area contributed by atoms with Crippen molar-refractivity contribution in [2.45, 2.75) is 71.4 Å². The zero-order valence-electron chi connectivity index (χ0n) is 13.5. The minimum atomic E-state index is 0.746. The van der Waals surface area contributed by atoms with Crippen LogP contribution >= 0.6 is 11.3 Å². The number of piperidine rings is 1. The van der Waals surface area contributed by atoms with Crippen LogP contribution in [0.4, 0.5) is 5.13 Å². The Morgan fingerprint density at radius 3 is 2.57 bits per heavy atom. The van der Waals surface area contributed by atoms with Gasteiger partial charge in [-0.05, 0) is 38.0 Å². The maximum Gasteiger partial charge on any atom is 0.185 e. The maximum atomic E-state index is 4.93. The Balaban J connectivity index is 1.63. The molecule has 2 heterocycles. The lowest BCUT2D eigenvalue weighted by molar-refractivity contribution is 0.438. The molecule has 3 nitrogen and oxygen atoms in total. The Kier molecular flexibility index (Phi) is 5.17. The van der Waals surface area contributed by atoms with Gasteiger partial charge in [0.15, 0.2) is 5.13 Å². The van der Waals surface area contributed by atoms with Crippen LogP contribution in [0.25, 0.3) is 0 Å². The third kappa shape index (κ3) is 3.78. The Bertz CT molecular complexity index is 443. The largest absolute Gasteiger partial charge is 0.348 e. The van der Waals surface area contributed by atoms with Crippen molar-refractivity contribution in [3.05, 3.63) is 10.6 Å². The van der Waals surface area contributed by atoms with Crippen molar-refractivity contribution in [1.82, 2.24) is 10.3 Å². The Morgan fingerprint density at radius 1 is 1.19 bits per heavy atom. The van der Waals surface area contributed by atoms with Gasteiger partial charge in [-0.25, -0.2) is 4.98 Å². The molecule has 0 atom stereocenters. The van der Waals surface area contributed by atoms with Gasteiger partial charge in [0, 0.05) is 30.6 Å². The lowest BCUT2D eigenvalue weighted by atomic mass is 10.00. The highest BCUT2D eigenvalue weighted by atomic mass is 32.1. The highest BCUT2D eigenvalue weighted by molar-refractivity contribution is 7.15. The van der Waals surface area contributed by atoms with Crippen LogP contribution in [0.5, 0.6) is 0 Å². The molecule has 1 N–H and O–H groups in total. The second kappa shape index (κ2) is 7.10. The first-order valence-corrected chi connectivity index (χ1v) is 9.54. The van der Waals surface area contributed by atoms with E-state index in [0.717, 1.165) is 24.9 Å². The van der Waals surface area contributed by atoms with E-state index in [1.807, 2.05) is 11.3 Å². The number of thiazole rings is 1. The molecule has 0 spiro atoms. The molecule has 2 fully saturated rings. The summed E-state index contributed by atoms with van der Waals surface area (Å²) in [6.45, 7) is 8.00. The van der Waals surface area contributed by atoms with E-state index >= 15 is 0 Å². The summed E-state index contributed by atoms with van der Waals surface area (Å²) >= 11 is 1.93. The average molecular weight is 308 g/mol. The number of nitrogens with one attached hydrogen (secondary N) is 1. The summed E-state index contributed by atoms with van der Waals surface area (Å²) in [5.41, 5.74) is 1.32. The normalized spacial score (nSPS) is 21.3. The van der Waals surface area contributed by atoms with Gasteiger partial charge >= 0.3 is 0 Å². The molecule has 4 heteroatoms. The number of hydrogen-bond donors (Lipinski definition) is 1. The Hall–Kier alpha value is -0.610. The van der Waals surface area contributed by atoms with Gasteiger partial charge in [-0.2, -0.15) is 0 Å². The van der Waals surface area contributed by atoms with Crippen molar-refractivity contribution in [2.24, 2.45) is 5.92 Å². The lowest BCUT2D eigenvalue weighted by Gasteiger charge is -2.29. The average Bonchev–Trinajstić information content (AvgIpc) is 3.15. The second-order valence-electron chi connectivity index (χ2n) is 6.75. The van der Waals surface area contributed by atoms with Crippen molar-refractivity contribution in [3.63, 3.8) is 0 Å². The smallest absolute Gasteiger partial charge is 0.185 e. The third-order valence-corrected chi connectivity index (χ3v) is 6.22. The number of nitrogens with zero attached hydrogens (tertiary/aromatic N) is 2. The molecule has 1 saturated carbocycles. The first-order valence-electron chi connectivity index (χ1n) is 8.73. The summed E-state index contributed by atoms with van der Waals surface area (Å²) in [7, 11) is 0. The molecule has 21 heavy (non-hydrogen) atoms. The summed E-state index contributed by atoms with van der Waals surface area (Å²) in [4.78, 5) is 8.90. The minimum absolute atomic E-state index is 0.746. The van der Waals surface area contributed by atoms with Gasteiger partial charge < -0.3 is 10.2 Å². The first kappa shape index (κ1) is 15.3. The van der Waals surface area contributed by atoms with E-state index in [-0.39, 0.29) is 0 Å². The third-order valence-electron chi connectivity index (χ3n) is 5.06. The van der Waals surface area contributed by atoms with E-state index in [1.165, 1.54) is 67.3 Å². The molecule has 1 aliphatic carbocycles. The van der Waals surface area contributed by atoms with E-state index in [2.05, 4.69) is 24.1 Å². The van der Waals surface area contributed by atoms with Crippen molar-refractivity contribution in [1.29, 1.82) is 0 Å². The van der Waals surface area contributed by atoms with Crippen LogP contribution in [-0.2, 0) is 13.0 Å². The summed E-state index contributed by atoms with van der Waals surface area (Å²) in [6, 6.07) is 0.746. The molecular formula is C17H29N3S. The number of aryl methyl sites for hydroxylation is 1. The predicted octanol–water partition coefficient (Wildman–Crippen LogP) is 3.97. The standard InChI is InChI=1S/C17H29N3S/c1-3-15-16(12-18-14-6-4-5-7-14)21-17(19-15)20-10-8-13(2)9-11-20/h13-14,18H,3-12H2,1-2H3. The number of rotatable bonds is 5. The van der Waals surface area contributed by atoms with Gasteiger partial charge in [-0.15, -0.1) is 11.3 Å². The van der Waals surface area contributed by atoms with E-state index in [4.69, 9.17) is 4.98 Å². The second-order valence-corrected chi connectivity index (χ2v) is 7.81. The number of anilines is 1. The number of hydrogen-bond acceptors (Lipinski definition) is 4. The predicted molar refractivity (Wildman–Crippen MR) is 91.2 cm³/mol. The van der Waals surface area contributed by atoms with Gasteiger partial charge in [0.05, 0.1) is 5.69 Å². The molecule has 0 radical (unpaired) electrons. The van der Waals surface area contributed by atoms with Crippen LogP contribution in [-0.4, -0.2) is 24.1 Å². The van der Waals surface area contributed by atoms with Crippen molar-refractivity contribution in [3.8, 4) is 0 Å². The zero-order valence-corrected chi connectivity index (χ0v) is 14.3. The van der Waals surface area contributed by atoms with Gasteiger partial charge in [0.2, 0.25) is 0 Å². The van der Waals surface area contributed by atoms with Crippen LogP contribution in [0.15, 0.2) is 0 Å². The first-order chi connectivity index (χ1) is 10.3. The van der Waals surface area contributed by atoms with E-state index < -0.39 is 0 Å². The molecule has 0 unspecified atom stereocenters. The maximum absolute atomic E-state index is 4.93. The summed E-state index contributed by atoms with van der Waals surface area (Å²) in [6.07, 6.45) is 9.21. The van der Waals surface area contributed by atoms with E-state index in [0.29, 0.717) is 0 Å². The van der Waals surface area contributed by atoms with Crippen LogP contribution in [0.3, 0.4) is 0 Å². The fourth-order valence-corrected chi connectivity index (χ4v) is 4.64. The molecule has 0 amide bonds. The molecule has 0 aromatic carbocycles. The van der Waals surface area contributed by atoms with Gasteiger partial charge in [0.25, 0.3) is 0 Å². The topological polar surface area (TPSA) is 28.2 Å². The Labute approximate surface area is 133 Å². The quantitative estimate of drug-likeness (QED) is 0.892. The summed E-state index contributed by atoms with van der Waals surface area (Å²) < 4.78 is 0. The summed E-state index contributed by atoms with van der Waals surface area (Å²) in [5.74, 6) is 0.885. The molecule has 1 saturated heterocycles. The lowest BCUT2D eigenvalue weighted by Crippen LogP contribution is -2.32. The Morgan fingerprint density at radius 2 is 1.90 bits per heavy atom. The van der Waals surface area contributed by atoms with Crippen LogP contribution in [0.1, 0.15) is 62.9 Å². The van der Waals surface area contributed by atoms with Crippen LogP contribution < -0.4 is 10.2 Å². The summed E-state index contributed by atoms with van der Waals surface area (Å²) in [5, 5.41) is 5.01. The SMILES string of the molecule is CCc1nc(N2CCC(C)CC2)sc1CNC1CCCC1. The molecule has 3 rings (SSSR count). The number of aromatic nitrogens is 1. The van der Waals surface area contributed by atoms with Crippen LogP contribution in [0.2, 0.25) is 0 Å². The highest BCUT2D eigenvalue weighted by Gasteiger charge is 2.21. The fourth-order valence-electron chi connectivity index (χ4n) is 3.49. The van der Waals surface area contributed by atoms with Gasteiger partial charge in [0.1, 0.15) is 0 Å². The fraction of sp³-hybridized carbons (Fsp3) is 0.824. The van der Waals surface area contributed by atoms with Crippen molar-refractivity contribution in [2.75, 3.05) is 18.0 Å². The molecule has 1 aromatic rings. The van der Waals surface area contributed by atoms with E-state index in [1.54, 1.807) is 0 Å². The molecule has 118 valence electrons. The molecular weight excluding hydrogens is 278 g/mol. The van der Waals surface area contributed by atoms with Crippen molar-refractivity contribution < 1.29 is 0 Å². The zero-order chi connectivity index (χ0) is 14.7. The van der Waals surface area contributed by atoms with Gasteiger partial charge in [-0.1, -0.05) is 26.7 Å².